The van der Waals surface area contributed by atoms with Crippen molar-refractivity contribution in [2.24, 2.45) is 0 Å². The summed E-state index contributed by atoms with van der Waals surface area (Å²) in [7, 11) is -3.81. The summed E-state index contributed by atoms with van der Waals surface area (Å²) in [6, 6.07) is 11.7. The van der Waals surface area contributed by atoms with Gasteiger partial charge in [0.15, 0.2) is 0 Å². The number of hydrogen-bond donors (Lipinski definition) is 1. The highest BCUT2D eigenvalue weighted by atomic mass is 35.5. The van der Waals surface area contributed by atoms with Crippen molar-refractivity contribution in [3.63, 3.8) is 0 Å². The first kappa shape index (κ1) is 27.7. The summed E-state index contributed by atoms with van der Waals surface area (Å²) < 4.78 is 26.4. The molecule has 7 nitrogen and oxygen atoms in total. The zero-order chi connectivity index (χ0) is 25.6. The van der Waals surface area contributed by atoms with Gasteiger partial charge < -0.3 is 10.2 Å². The molecule has 186 valence electrons. The molecule has 0 bridgehead atoms. The van der Waals surface area contributed by atoms with Crippen LogP contribution in [0.4, 0.5) is 5.69 Å². The molecule has 0 saturated carbocycles. The van der Waals surface area contributed by atoms with Gasteiger partial charge >= 0.3 is 0 Å². The lowest BCUT2D eigenvalue weighted by atomic mass is 10.1. The van der Waals surface area contributed by atoms with Gasteiger partial charge in [-0.25, -0.2) is 8.42 Å². The molecule has 2 rings (SSSR count). The first-order valence-corrected chi connectivity index (χ1v) is 13.5. The average Bonchev–Trinajstić information content (AvgIpc) is 2.76. The number of benzene rings is 2. The summed E-state index contributed by atoms with van der Waals surface area (Å²) in [6.07, 6.45) is 1.80. The van der Waals surface area contributed by atoms with Crippen LogP contribution in [-0.2, 0) is 26.2 Å². The van der Waals surface area contributed by atoms with Crippen LogP contribution in [0.1, 0.15) is 43.9 Å². The summed E-state index contributed by atoms with van der Waals surface area (Å²) in [5.41, 5.74) is 2.75. The summed E-state index contributed by atoms with van der Waals surface area (Å²) in [4.78, 5) is 27.9. The van der Waals surface area contributed by atoms with E-state index in [1.165, 1.54) is 4.90 Å². The Morgan fingerprint density at radius 1 is 1.09 bits per heavy atom. The van der Waals surface area contributed by atoms with E-state index in [0.717, 1.165) is 28.1 Å². The van der Waals surface area contributed by atoms with Crippen molar-refractivity contribution in [3.8, 4) is 0 Å². The molecule has 0 aromatic heterocycles. The molecule has 0 spiro atoms. The Hall–Kier alpha value is -2.58. The molecule has 2 amide bonds. The van der Waals surface area contributed by atoms with Crippen molar-refractivity contribution in [2.75, 3.05) is 17.1 Å². The van der Waals surface area contributed by atoms with Crippen molar-refractivity contribution in [1.29, 1.82) is 0 Å². The van der Waals surface area contributed by atoms with Crippen LogP contribution in [0, 0.1) is 13.8 Å². The molecule has 2 aromatic rings. The minimum Gasteiger partial charge on any atom is -0.352 e. The van der Waals surface area contributed by atoms with E-state index >= 15 is 0 Å². The summed E-state index contributed by atoms with van der Waals surface area (Å²) >= 11 is 6.21. The van der Waals surface area contributed by atoms with E-state index in [2.05, 4.69) is 5.32 Å². The van der Waals surface area contributed by atoms with Crippen molar-refractivity contribution < 1.29 is 18.0 Å². The maximum absolute atomic E-state index is 13.6. The van der Waals surface area contributed by atoms with Gasteiger partial charge in [-0.1, -0.05) is 54.4 Å². The monoisotopic (exact) mass is 507 g/mol. The normalized spacial score (nSPS) is 13.1. The van der Waals surface area contributed by atoms with E-state index in [1.807, 2.05) is 45.0 Å². The molecule has 0 aliphatic carbocycles. The molecular weight excluding hydrogens is 474 g/mol. The van der Waals surface area contributed by atoms with Crippen LogP contribution in [0.3, 0.4) is 0 Å². The van der Waals surface area contributed by atoms with Gasteiger partial charge in [-0.05, 0) is 57.4 Å². The van der Waals surface area contributed by atoms with E-state index in [9.17, 15) is 18.0 Å². The Morgan fingerprint density at radius 2 is 1.74 bits per heavy atom. The maximum Gasteiger partial charge on any atom is 0.244 e. The number of hydrogen-bond acceptors (Lipinski definition) is 4. The second-order valence-corrected chi connectivity index (χ2v) is 11.0. The van der Waals surface area contributed by atoms with Gasteiger partial charge in [0.2, 0.25) is 21.8 Å². The fourth-order valence-corrected chi connectivity index (χ4v) is 4.59. The molecule has 1 N–H and O–H groups in total. The third kappa shape index (κ3) is 7.21. The largest absolute Gasteiger partial charge is 0.352 e. The molecule has 9 heteroatoms. The lowest BCUT2D eigenvalue weighted by molar-refractivity contribution is -0.139. The third-order valence-corrected chi connectivity index (χ3v) is 7.33. The average molecular weight is 508 g/mol. The lowest BCUT2D eigenvalue weighted by Gasteiger charge is -2.32. The minimum absolute atomic E-state index is 0.0486. The van der Waals surface area contributed by atoms with Gasteiger partial charge in [0.05, 0.1) is 11.9 Å². The Labute approximate surface area is 208 Å². The van der Waals surface area contributed by atoms with Gasteiger partial charge in [-0.3, -0.25) is 13.9 Å². The molecule has 0 heterocycles. The van der Waals surface area contributed by atoms with E-state index in [4.69, 9.17) is 11.6 Å². The number of nitrogens with one attached hydrogen (secondary N) is 1. The van der Waals surface area contributed by atoms with E-state index in [-0.39, 0.29) is 18.5 Å². The summed E-state index contributed by atoms with van der Waals surface area (Å²) in [6.45, 7) is 8.87. The fourth-order valence-electron chi connectivity index (χ4n) is 3.52. The van der Waals surface area contributed by atoms with Crippen molar-refractivity contribution >= 4 is 39.1 Å². The number of rotatable bonds is 10. The first-order chi connectivity index (χ1) is 15.8. The molecule has 0 radical (unpaired) electrons. The van der Waals surface area contributed by atoms with Gasteiger partial charge in [0, 0.05) is 17.6 Å². The van der Waals surface area contributed by atoms with Crippen LogP contribution < -0.4 is 9.62 Å². The number of anilines is 1. The van der Waals surface area contributed by atoms with Crippen LogP contribution in [0.25, 0.3) is 0 Å². The van der Waals surface area contributed by atoms with Gasteiger partial charge in [0.25, 0.3) is 0 Å². The number of carbonyl (C=O) groups excluding carboxylic acids is 2. The standard InChI is InChI=1S/C25H34ClN3O4S/c1-7-18(3)27-25(31)20(5)28(15-21-11-8-10-17(2)14-21)24(30)16-29(34(6,32)33)23-13-9-12-22(26)19(23)4/h8-14,18,20H,7,15-16H2,1-6H3,(H,27,31)/t18-,20+/m0/s1. The number of aryl methyl sites for hydroxylation is 1. The third-order valence-electron chi connectivity index (χ3n) is 5.79. The van der Waals surface area contributed by atoms with Gasteiger partial charge in [-0.15, -0.1) is 0 Å². The molecule has 2 aromatic carbocycles. The first-order valence-electron chi connectivity index (χ1n) is 11.2. The fraction of sp³-hybridized carbons (Fsp3) is 0.440. The molecular formula is C25H34ClN3O4S. The maximum atomic E-state index is 13.6. The van der Waals surface area contributed by atoms with E-state index in [1.54, 1.807) is 32.0 Å². The molecule has 0 saturated heterocycles. The zero-order valence-corrected chi connectivity index (χ0v) is 22.2. The number of nitrogens with zero attached hydrogens (tertiary/aromatic N) is 2. The van der Waals surface area contributed by atoms with Crippen LogP contribution in [0.2, 0.25) is 5.02 Å². The SMILES string of the molecule is CC[C@H](C)NC(=O)[C@@H](C)N(Cc1cccc(C)c1)C(=O)CN(c1cccc(Cl)c1C)S(C)(=O)=O. The second kappa shape index (κ2) is 11.7. The molecule has 0 aliphatic rings. The Bertz CT molecular complexity index is 1140. The molecule has 2 atom stereocenters. The van der Waals surface area contributed by atoms with Crippen molar-refractivity contribution in [2.45, 2.75) is 59.7 Å². The van der Waals surface area contributed by atoms with Crippen LogP contribution in [-0.4, -0.2) is 50.0 Å². The number of sulfonamides is 1. The summed E-state index contributed by atoms with van der Waals surface area (Å²) in [5, 5.41) is 3.31. The number of carbonyl (C=O) groups is 2. The smallest absolute Gasteiger partial charge is 0.244 e. The lowest BCUT2D eigenvalue weighted by Crippen LogP contribution is -2.52. The Balaban J connectivity index is 2.43. The predicted molar refractivity (Wildman–Crippen MR) is 137 cm³/mol. The zero-order valence-electron chi connectivity index (χ0n) is 20.6. The van der Waals surface area contributed by atoms with Gasteiger partial charge in [0.1, 0.15) is 12.6 Å². The molecule has 34 heavy (non-hydrogen) atoms. The highest BCUT2D eigenvalue weighted by Gasteiger charge is 2.31. The highest BCUT2D eigenvalue weighted by Crippen LogP contribution is 2.28. The topological polar surface area (TPSA) is 86.8 Å². The highest BCUT2D eigenvalue weighted by molar-refractivity contribution is 7.92. The molecule has 0 fully saturated rings. The quantitative estimate of drug-likeness (QED) is 0.525. The predicted octanol–water partition coefficient (Wildman–Crippen LogP) is 4.05. The summed E-state index contributed by atoms with van der Waals surface area (Å²) in [5.74, 6) is -0.779. The van der Waals surface area contributed by atoms with Crippen LogP contribution in [0.15, 0.2) is 42.5 Å². The second-order valence-electron chi connectivity index (χ2n) is 8.66. The Kier molecular flexibility index (Phi) is 9.53. The number of halogens is 1. The molecule has 0 aliphatic heterocycles. The number of amides is 2. The Morgan fingerprint density at radius 3 is 2.32 bits per heavy atom. The van der Waals surface area contributed by atoms with E-state index in [0.29, 0.717) is 16.3 Å². The van der Waals surface area contributed by atoms with Crippen LogP contribution >= 0.6 is 11.6 Å². The molecule has 0 unspecified atom stereocenters. The minimum atomic E-state index is -3.81. The van der Waals surface area contributed by atoms with Crippen molar-refractivity contribution in [1.82, 2.24) is 10.2 Å². The van der Waals surface area contributed by atoms with Crippen molar-refractivity contribution in [3.05, 3.63) is 64.2 Å². The van der Waals surface area contributed by atoms with E-state index < -0.39 is 28.5 Å². The van der Waals surface area contributed by atoms with Crippen LogP contribution in [0.5, 0.6) is 0 Å². The van der Waals surface area contributed by atoms with Gasteiger partial charge in [-0.2, -0.15) is 0 Å².